The molecular weight excluding hydrogens is 382 g/mol. The first-order chi connectivity index (χ1) is 13.3. The molecule has 2 aromatic rings. The van der Waals surface area contributed by atoms with E-state index in [1.165, 1.54) is 0 Å². The number of oxime groups is 1. The van der Waals surface area contributed by atoms with Crippen LogP contribution in [-0.2, 0) is 26.1 Å². The predicted molar refractivity (Wildman–Crippen MR) is 104 cm³/mol. The van der Waals surface area contributed by atoms with Crippen LogP contribution in [0.15, 0.2) is 52.6 Å². The quantitative estimate of drug-likeness (QED) is 0.700. The monoisotopic (exact) mass is 403 g/mol. The van der Waals surface area contributed by atoms with Crippen molar-refractivity contribution in [2.45, 2.75) is 43.6 Å². The summed E-state index contributed by atoms with van der Waals surface area (Å²) in [4.78, 5) is 20.4. The lowest BCUT2D eigenvalue weighted by atomic mass is 10.0. The first kappa shape index (κ1) is 19.8. The Morgan fingerprint density at radius 2 is 2.04 bits per heavy atom. The van der Waals surface area contributed by atoms with Gasteiger partial charge in [0, 0.05) is 12.6 Å². The lowest BCUT2D eigenvalue weighted by molar-refractivity contribution is -0.139. The molecule has 8 nitrogen and oxygen atoms in total. The van der Waals surface area contributed by atoms with E-state index in [-0.39, 0.29) is 11.3 Å². The summed E-state index contributed by atoms with van der Waals surface area (Å²) in [5.74, 6) is -0.931. The van der Waals surface area contributed by atoms with Crippen LogP contribution in [0.25, 0.3) is 0 Å². The summed E-state index contributed by atoms with van der Waals surface area (Å²) in [6, 6.07) is 10.1. The summed E-state index contributed by atoms with van der Waals surface area (Å²) >= 11 is 0. The van der Waals surface area contributed by atoms with Gasteiger partial charge in [-0.05, 0) is 43.5 Å². The Morgan fingerprint density at radius 3 is 2.79 bits per heavy atom. The molecule has 1 aromatic heterocycles. The van der Waals surface area contributed by atoms with Gasteiger partial charge in [0.05, 0.1) is 28.4 Å². The topological polar surface area (TPSA) is 118 Å². The van der Waals surface area contributed by atoms with Crippen molar-refractivity contribution in [3.8, 4) is 0 Å². The maximum Gasteiger partial charge on any atom is 0.307 e. The fourth-order valence-electron chi connectivity index (χ4n) is 2.99. The van der Waals surface area contributed by atoms with Gasteiger partial charge in [-0.1, -0.05) is 23.4 Å². The first-order valence-corrected chi connectivity index (χ1v) is 10.3. The highest BCUT2D eigenvalue weighted by Crippen LogP contribution is 2.23. The van der Waals surface area contributed by atoms with E-state index in [0.717, 1.165) is 5.71 Å². The van der Waals surface area contributed by atoms with E-state index in [4.69, 9.17) is 9.94 Å². The predicted octanol–water partition coefficient (Wildman–Crippen LogP) is 2.74. The van der Waals surface area contributed by atoms with Crippen molar-refractivity contribution in [3.63, 3.8) is 0 Å². The molecule has 1 aliphatic rings. The highest BCUT2D eigenvalue weighted by Gasteiger charge is 2.24. The van der Waals surface area contributed by atoms with E-state index in [0.29, 0.717) is 36.2 Å². The number of anilines is 1. The van der Waals surface area contributed by atoms with Gasteiger partial charge in [0.15, 0.2) is 0 Å². The minimum absolute atomic E-state index is 0.0991. The maximum absolute atomic E-state index is 12.7. The molecule has 0 aliphatic carbocycles. The minimum Gasteiger partial charge on any atom is -0.481 e. The van der Waals surface area contributed by atoms with Gasteiger partial charge >= 0.3 is 5.97 Å². The van der Waals surface area contributed by atoms with Crippen LogP contribution in [0.1, 0.15) is 30.5 Å². The highest BCUT2D eigenvalue weighted by molar-refractivity contribution is 7.92. The molecule has 9 heteroatoms. The molecule has 0 amide bonds. The van der Waals surface area contributed by atoms with Gasteiger partial charge in [-0.3, -0.25) is 14.5 Å². The van der Waals surface area contributed by atoms with Gasteiger partial charge in [0.1, 0.15) is 6.10 Å². The lowest BCUT2D eigenvalue weighted by Crippen LogP contribution is -2.16. The number of rotatable bonds is 8. The van der Waals surface area contributed by atoms with Gasteiger partial charge < -0.3 is 9.94 Å². The first-order valence-electron chi connectivity index (χ1n) is 8.81. The Hall–Kier alpha value is -2.94. The maximum atomic E-state index is 12.7. The smallest absolute Gasteiger partial charge is 0.307 e. The standard InChI is InChI=1S/C19H21N3O5S/c1-13-5-2-3-7-18(13)28(25,26)22-17-6-4-10-20-16(17)9-8-14-11-15(27-21-14)12-19(23)24/h2-7,10,15,22H,8-9,11-12H2,1H3,(H,23,24)/t15-/m1/s1. The second kappa shape index (κ2) is 8.39. The molecule has 0 saturated heterocycles. The van der Waals surface area contributed by atoms with Gasteiger partial charge in [-0.2, -0.15) is 0 Å². The van der Waals surface area contributed by atoms with Crippen LogP contribution >= 0.6 is 0 Å². The van der Waals surface area contributed by atoms with Crippen molar-refractivity contribution in [2.75, 3.05) is 4.72 Å². The van der Waals surface area contributed by atoms with E-state index >= 15 is 0 Å². The van der Waals surface area contributed by atoms with Crippen molar-refractivity contribution in [3.05, 3.63) is 53.9 Å². The van der Waals surface area contributed by atoms with Crippen LogP contribution in [0, 0.1) is 6.92 Å². The SMILES string of the molecule is Cc1ccccc1S(=O)(=O)Nc1cccnc1CCC1=NO[C@@H](CC(=O)O)C1. The number of nitrogens with one attached hydrogen (secondary N) is 1. The number of aliphatic carboxylic acids is 1. The van der Waals surface area contributed by atoms with E-state index in [2.05, 4.69) is 14.9 Å². The number of hydrogen-bond acceptors (Lipinski definition) is 6. The second-order valence-corrected chi connectivity index (χ2v) is 8.21. The van der Waals surface area contributed by atoms with Crippen molar-refractivity contribution >= 4 is 27.4 Å². The molecule has 0 bridgehead atoms. The van der Waals surface area contributed by atoms with E-state index in [1.54, 1.807) is 49.5 Å². The summed E-state index contributed by atoms with van der Waals surface area (Å²) in [7, 11) is -3.74. The summed E-state index contributed by atoms with van der Waals surface area (Å²) in [6.07, 6.45) is 2.46. The zero-order chi connectivity index (χ0) is 20.1. The van der Waals surface area contributed by atoms with E-state index < -0.39 is 22.1 Å². The fraction of sp³-hybridized carbons (Fsp3) is 0.316. The molecule has 1 aliphatic heterocycles. The molecule has 0 unspecified atom stereocenters. The molecule has 3 rings (SSSR count). The van der Waals surface area contributed by atoms with Gasteiger partial charge in [-0.25, -0.2) is 8.42 Å². The molecule has 2 heterocycles. The molecular formula is C19H21N3O5S. The van der Waals surface area contributed by atoms with Crippen LogP contribution in [-0.4, -0.2) is 36.3 Å². The number of sulfonamides is 1. The second-order valence-electron chi connectivity index (χ2n) is 6.56. The molecule has 28 heavy (non-hydrogen) atoms. The number of hydrogen-bond donors (Lipinski definition) is 2. The van der Waals surface area contributed by atoms with E-state index in [1.807, 2.05) is 0 Å². The van der Waals surface area contributed by atoms with Crippen molar-refractivity contribution in [1.29, 1.82) is 0 Å². The normalized spacial score (nSPS) is 16.3. The molecule has 0 fully saturated rings. The number of aromatic nitrogens is 1. The van der Waals surface area contributed by atoms with Crippen LogP contribution in [0.5, 0.6) is 0 Å². The summed E-state index contributed by atoms with van der Waals surface area (Å²) in [6.45, 7) is 1.74. The van der Waals surface area contributed by atoms with Crippen LogP contribution < -0.4 is 4.72 Å². The van der Waals surface area contributed by atoms with Gasteiger partial charge in [-0.15, -0.1) is 0 Å². The summed E-state index contributed by atoms with van der Waals surface area (Å²) in [5.41, 5.74) is 2.39. The Bertz CT molecular complexity index is 1000. The molecule has 0 radical (unpaired) electrons. The van der Waals surface area contributed by atoms with Crippen molar-refractivity contribution < 1.29 is 23.2 Å². The Kier molecular flexibility index (Phi) is 5.93. The molecule has 0 spiro atoms. The molecule has 148 valence electrons. The Balaban J connectivity index is 1.69. The third-order valence-electron chi connectivity index (χ3n) is 4.36. The molecule has 2 N–H and O–H groups in total. The zero-order valence-corrected chi connectivity index (χ0v) is 16.1. The third-order valence-corrected chi connectivity index (χ3v) is 5.89. The number of benzene rings is 1. The average Bonchev–Trinajstić information content (AvgIpc) is 3.07. The summed E-state index contributed by atoms with van der Waals surface area (Å²) in [5, 5.41) is 12.8. The van der Waals surface area contributed by atoms with E-state index in [9.17, 15) is 13.2 Å². The minimum atomic E-state index is -3.74. The van der Waals surface area contributed by atoms with Gasteiger partial charge in [0.2, 0.25) is 0 Å². The average molecular weight is 403 g/mol. The van der Waals surface area contributed by atoms with Crippen molar-refractivity contribution in [1.82, 2.24) is 4.98 Å². The van der Waals surface area contributed by atoms with Crippen LogP contribution in [0.3, 0.4) is 0 Å². The van der Waals surface area contributed by atoms with Crippen molar-refractivity contribution in [2.24, 2.45) is 5.16 Å². The van der Waals surface area contributed by atoms with Crippen LogP contribution in [0.4, 0.5) is 5.69 Å². The Labute approximate surface area is 163 Å². The summed E-state index contributed by atoms with van der Waals surface area (Å²) < 4.78 is 28.1. The largest absolute Gasteiger partial charge is 0.481 e. The number of nitrogens with zero attached hydrogens (tertiary/aromatic N) is 2. The lowest BCUT2D eigenvalue weighted by Gasteiger charge is -2.13. The number of aryl methyl sites for hydroxylation is 2. The van der Waals surface area contributed by atoms with Gasteiger partial charge in [0.25, 0.3) is 10.0 Å². The Morgan fingerprint density at radius 1 is 1.25 bits per heavy atom. The number of carbonyl (C=O) groups is 1. The third kappa shape index (κ3) is 4.86. The fourth-order valence-corrected chi connectivity index (χ4v) is 4.32. The number of carboxylic acids is 1. The molecule has 1 aromatic carbocycles. The number of carboxylic acid groups (broad SMARTS) is 1. The molecule has 1 atom stereocenters. The molecule has 0 saturated carbocycles. The zero-order valence-electron chi connectivity index (χ0n) is 15.3. The van der Waals surface area contributed by atoms with Crippen LogP contribution in [0.2, 0.25) is 0 Å². The number of pyridine rings is 1. The highest BCUT2D eigenvalue weighted by atomic mass is 32.2.